The fourth-order valence-corrected chi connectivity index (χ4v) is 3.02. The van der Waals surface area contributed by atoms with Gasteiger partial charge in [0.05, 0.1) is 23.6 Å². The summed E-state index contributed by atoms with van der Waals surface area (Å²) in [6.45, 7) is 6.33. The van der Waals surface area contributed by atoms with Crippen LogP contribution >= 0.6 is 0 Å². The number of hydrogen-bond acceptors (Lipinski definition) is 4. The molecule has 3 heterocycles. The number of imidazole rings is 1. The van der Waals surface area contributed by atoms with Crippen LogP contribution in [0.15, 0.2) is 12.3 Å². The van der Waals surface area contributed by atoms with Gasteiger partial charge in [0.2, 0.25) is 5.91 Å². The highest BCUT2D eigenvalue weighted by atomic mass is 16.2. The van der Waals surface area contributed by atoms with E-state index in [-0.39, 0.29) is 11.9 Å². The predicted molar refractivity (Wildman–Crippen MR) is 83.1 cm³/mol. The number of nitrogens with zero attached hydrogens (tertiary/aromatic N) is 5. The van der Waals surface area contributed by atoms with Crippen LogP contribution in [-0.2, 0) is 11.8 Å². The van der Waals surface area contributed by atoms with Crippen LogP contribution in [0, 0.1) is 13.8 Å². The summed E-state index contributed by atoms with van der Waals surface area (Å²) in [4.78, 5) is 27.3. The van der Waals surface area contributed by atoms with E-state index in [1.54, 1.807) is 6.92 Å². The average molecular weight is 299 g/mol. The highest BCUT2D eigenvalue weighted by Gasteiger charge is 2.30. The molecule has 1 saturated heterocycles. The molecular weight excluding hydrogens is 278 g/mol. The van der Waals surface area contributed by atoms with Gasteiger partial charge in [0, 0.05) is 26.2 Å². The molecule has 2 aromatic rings. The van der Waals surface area contributed by atoms with Gasteiger partial charge in [-0.25, -0.2) is 15.0 Å². The number of aryl methyl sites for hydroxylation is 2. The zero-order valence-corrected chi connectivity index (χ0v) is 13.5. The maximum atomic E-state index is 11.8. The van der Waals surface area contributed by atoms with Crippen molar-refractivity contribution >= 4 is 5.91 Å². The number of carbonyl (C=O) groups is 1. The van der Waals surface area contributed by atoms with Crippen molar-refractivity contribution < 1.29 is 4.79 Å². The Balaban J connectivity index is 2.04. The SMILES string of the molecule is CC(=O)N1CCC[C@@H]1c1nc(C)cc(-c2cnc(C)n2C)n1. The van der Waals surface area contributed by atoms with Crippen LogP contribution in [0.3, 0.4) is 0 Å². The van der Waals surface area contributed by atoms with Crippen LogP contribution in [0.25, 0.3) is 11.4 Å². The second kappa shape index (κ2) is 5.51. The van der Waals surface area contributed by atoms with E-state index < -0.39 is 0 Å². The molecule has 0 aromatic carbocycles. The first-order valence-electron chi connectivity index (χ1n) is 7.59. The van der Waals surface area contributed by atoms with Gasteiger partial charge < -0.3 is 9.47 Å². The standard InChI is InChI=1S/C16H21N5O/c1-10-8-13(15-9-17-11(2)20(15)4)19-16(18-10)14-6-5-7-21(14)12(3)22/h8-9,14H,5-7H2,1-4H3/t14-/m1/s1. The number of carbonyl (C=O) groups excluding carboxylic acids is 1. The molecule has 6 nitrogen and oxygen atoms in total. The van der Waals surface area contributed by atoms with E-state index in [9.17, 15) is 4.79 Å². The molecule has 0 saturated carbocycles. The average Bonchev–Trinajstić information content (AvgIpc) is 3.07. The molecule has 0 bridgehead atoms. The first-order chi connectivity index (χ1) is 10.5. The quantitative estimate of drug-likeness (QED) is 0.852. The van der Waals surface area contributed by atoms with E-state index in [0.717, 1.165) is 48.1 Å². The third-order valence-corrected chi connectivity index (χ3v) is 4.31. The van der Waals surface area contributed by atoms with Crippen LogP contribution in [0.5, 0.6) is 0 Å². The Morgan fingerprint density at radius 1 is 1.32 bits per heavy atom. The van der Waals surface area contributed by atoms with Crippen molar-refractivity contribution in [1.82, 2.24) is 24.4 Å². The van der Waals surface area contributed by atoms with Crippen LogP contribution in [0.2, 0.25) is 0 Å². The van der Waals surface area contributed by atoms with Crippen molar-refractivity contribution in [1.29, 1.82) is 0 Å². The Morgan fingerprint density at radius 2 is 2.09 bits per heavy atom. The van der Waals surface area contributed by atoms with Crippen molar-refractivity contribution in [2.24, 2.45) is 7.05 Å². The highest BCUT2D eigenvalue weighted by Crippen LogP contribution is 2.31. The summed E-state index contributed by atoms with van der Waals surface area (Å²) in [5.74, 6) is 1.77. The molecular formula is C16H21N5O. The molecule has 116 valence electrons. The number of amides is 1. The first kappa shape index (κ1) is 14.7. The molecule has 0 spiro atoms. The first-order valence-corrected chi connectivity index (χ1v) is 7.59. The molecule has 1 atom stereocenters. The Kier molecular flexibility index (Phi) is 3.68. The monoisotopic (exact) mass is 299 g/mol. The summed E-state index contributed by atoms with van der Waals surface area (Å²) < 4.78 is 2.02. The lowest BCUT2D eigenvalue weighted by Crippen LogP contribution is -2.29. The van der Waals surface area contributed by atoms with Crippen LogP contribution in [0.4, 0.5) is 0 Å². The lowest BCUT2D eigenvalue weighted by atomic mass is 10.2. The van der Waals surface area contributed by atoms with Gasteiger partial charge in [-0.3, -0.25) is 4.79 Å². The van der Waals surface area contributed by atoms with Crippen molar-refractivity contribution in [3.63, 3.8) is 0 Å². The van der Waals surface area contributed by atoms with Gasteiger partial charge in [0.15, 0.2) is 5.82 Å². The fourth-order valence-electron chi connectivity index (χ4n) is 3.02. The van der Waals surface area contributed by atoms with Crippen molar-refractivity contribution in [3.05, 3.63) is 29.6 Å². The van der Waals surface area contributed by atoms with Crippen LogP contribution in [-0.4, -0.2) is 36.9 Å². The topological polar surface area (TPSA) is 63.9 Å². The van der Waals surface area contributed by atoms with Crippen molar-refractivity contribution in [3.8, 4) is 11.4 Å². The normalized spacial score (nSPS) is 18.0. The van der Waals surface area contributed by atoms with Crippen LogP contribution < -0.4 is 0 Å². The molecule has 0 aliphatic carbocycles. The summed E-state index contributed by atoms with van der Waals surface area (Å²) in [5.41, 5.74) is 2.74. The largest absolute Gasteiger partial charge is 0.333 e. The minimum absolute atomic E-state index is 0.00882. The number of hydrogen-bond donors (Lipinski definition) is 0. The molecule has 1 aliphatic rings. The maximum Gasteiger partial charge on any atom is 0.220 e. The molecule has 0 unspecified atom stereocenters. The zero-order chi connectivity index (χ0) is 15.9. The van der Waals surface area contributed by atoms with Crippen molar-refractivity contribution in [2.45, 2.75) is 39.7 Å². The molecule has 2 aromatic heterocycles. The molecule has 1 amide bonds. The Morgan fingerprint density at radius 3 is 2.73 bits per heavy atom. The molecule has 0 radical (unpaired) electrons. The van der Waals surface area contributed by atoms with E-state index in [1.165, 1.54) is 0 Å². The minimum Gasteiger partial charge on any atom is -0.333 e. The second-order valence-corrected chi connectivity index (χ2v) is 5.87. The fraction of sp³-hybridized carbons (Fsp3) is 0.500. The summed E-state index contributed by atoms with van der Waals surface area (Å²) in [5, 5.41) is 0. The van der Waals surface area contributed by atoms with Gasteiger partial charge in [0.1, 0.15) is 5.82 Å². The van der Waals surface area contributed by atoms with E-state index in [2.05, 4.69) is 9.97 Å². The Labute approximate surface area is 130 Å². The smallest absolute Gasteiger partial charge is 0.220 e. The lowest BCUT2D eigenvalue weighted by Gasteiger charge is -2.22. The molecule has 22 heavy (non-hydrogen) atoms. The maximum absolute atomic E-state index is 11.8. The minimum atomic E-state index is -0.00882. The molecule has 6 heteroatoms. The number of likely N-dealkylation sites (tertiary alicyclic amines) is 1. The van der Waals surface area contributed by atoms with Gasteiger partial charge in [-0.1, -0.05) is 0 Å². The zero-order valence-electron chi connectivity index (χ0n) is 13.5. The van der Waals surface area contributed by atoms with Gasteiger partial charge in [-0.15, -0.1) is 0 Å². The second-order valence-electron chi connectivity index (χ2n) is 5.87. The summed E-state index contributed by atoms with van der Waals surface area (Å²) >= 11 is 0. The highest BCUT2D eigenvalue weighted by molar-refractivity contribution is 5.74. The van der Waals surface area contributed by atoms with Crippen molar-refractivity contribution in [2.75, 3.05) is 6.54 Å². The van der Waals surface area contributed by atoms with Crippen LogP contribution in [0.1, 0.15) is 43.1 Å². The van der Waals surface area contributed by atoms with Gasteiger partial charge in [-0.05, 0) is 32.8 Å². The summed E-state index contributed by atoms with van der Waals surface area (Å²) in [7, 11) is 1.98. The molecule has 1 aliphatic heterocycles. The summed E-state index contributed by atoms with van der Waals surface area (Å²) in [6.07, 6.45) is 3.76. The van der Waals surface area contributed by atoms with E-state index >= 15 is 0 Å². The lowest BCUT2D eigenvalue weighted by molar-refractivity contribution is -0.129. The molecule has 1 fully saturated rings. The Bertz CT molecular complexity index is 721. The Hall–Kier alpha value is -2.24. The predicted octanol–water partition coefficient (Wildman–Crippen LogP) is 2.18. The summed E-state index contributed by atoms with van der Waals surface area (Å²) in [6, 6.07) is 1.96. The molecule has 0 N–H and O–H groups in total. The van der Waals surface area contributed by atoms with E-state index in [4.69, 9.17) is 4.98 Å². The third-order valence-electron chi connectivity index (χ3n) is 4.31. The van der Waals surface area contributed by atoms with Gasteiger partial charge in [0.25, 0.3) is 0 Å². The number of rotatable bonds is 2. The van der Waals surface area contributed by atoms with E-state index in [1.807, 2.05) is 42.6 Å². The molecule has 3 rings (SSSR count). The number of aromatic nitrogens is 4. The third kappa shape index (κ3) is 2.49. The van der Waals surface area contributed by atoms with Gasteiger partial charge >= 0.3 is 0 Å². The van der Waals surface area contributed by atoms with Gasteiger partial charge in [-0.2, -0.15) is 0 Å². The van der Waals surface area contributed by atoms with E-state index in [0.29, 0.717) is 0 Å².